The average Bonchev–Trinajstić information content (AvgIpc) is 2.82. The molecule has 0 aliphatic carbocycles. The number of rotatable bonds is 8. The lowest BCUT2D eigenvalue weighted by Gasteiger charge is -2.23. The Kier molecular flexibility index (Phi) is 6.60. The summed E-state index contributed by atoms with van der Waals surface area (Å²) in [6.45, 7) is 7.07. The number of nitrogens with zero attached hydrogens (tertiary/aromatic N) is 1. The molecule has 1 aliphatic rings. The van der Waals surface area contributed by atoms with Crippen LogP contribution in [0.1, 0.15) is 33.1 Å². The van der Waals surface area contributed by atoms with Crippen LogP contribution in [0.4, 0.5) is 0 Å². The number of carbonyl (C=O) groups is 1. The van der Waals surface area contributed by atoms with Crippen LogP contribution in [-0.4, -0.2) is 60.9 Å². The average molecular weight is 258 g/mol. The maximum absolute atomic E-state index is 10.7. The van der Waals surface area contributed by atoms with Crippen molar-refractivity contribution in [3.8, 4) is 0 Å². The Hall–Kier alpha value is -0.650. The van der Waals surface area contributed by atoms with Crippen molar-refractivity contribution in [2.24, 2.45) is 0 Å². The van der Waals surface area contributed by atoms with Crippen LogP contribution in [0, 0.1) is 0 Å². The smallest absolute Gasteiger partial charge is 0.332 e. The van der Waals surface area contributed by atoms with Gasteiger partial charge in [0, 0.05) is 25.7 Å². The molecular weight excluding hydrogens is 232 g/mol. The molecule has 0 aromatic rings. The number of carboxylic acids is 1. The van der Waals surface area contributed by atoms with Crippen LogP contribution in [0.5, 0.6) is 0 Å². The van der Waals surface area contributed by atoms with E-state index in [1.807, 2.05) is 0 Å². The molecule has 0 spiro atoms. The molecule has 2 N–H and O–H groups in total. The second-order valence-corrected chi connectivity index (χ2v) is 5.10. The number of hydrogen-bond donors (Lipinski definition) is 2. The van der Waals surface area contributed by atoms with Crippen molar-refractivity contribution in [1.82, 2.24) is 10.2 Å². The molecule has 1 aliphatic heterocycles. The normalized spacial score (nSPS) is 25.6. The molecule has 106 valence electrons. The van der Waals surface area contributed by atoms with Gasteiger partial charge in [-0.25, -0.2) is 4.79 Å². The minimum atomic E-state index is -0.839. The molecule has 1 saturated heterocycles. The van der Waals surface area contributed by atoms with E-state index in [4.69, 9.17) is 9.84 Å². The summed E-state index contributed by atoms with van der Waals surface area (Å²) < 4.78 is 5.42. The third-order valence-corrected chi connectivity index (χ3v) is 3.74. The molecule has 18 heavy (non-hydrogen) atoms. The summed E-state index contributed by atoms with van der Waals surface area (Å²) in [7, 11) is 2.13. The molecule has 0 amide bonds. The van der Waals surface area contributed by atoms with E-state index in [9.17, 15) is 4.79 Å². The summed E-state index contributed by atoms with van der Waals surface area (Å²) >= 11 is 0. The molecule has 0 saturated carbocycles. The molecule has 0 radical (unpaired) electrons. The van der Waals surface area contributed by atoms with Crippen LogP contribution < -0.4 is 5.32 Å². The Labute approximate surface area is 109 Å². The minimum absolute atomic E-state index is 0.0556. The molecule has 1 fully saturated rings. The monoisotopic (exact) mass is 258 g/mol. The first-order valence-electron chi connectivity index (χ1n) is 6.83. The van der Waals surface area contributed by atoms with Crippen molar-refractivity contribution < 1.29 is 14.6 Å². The van der Waals surface area contributed by atoms with Gasteiger partial charge in [-0.3, -0.25) is 0 Å². The van der Waals surface area contributed by atoms with Gasteiger partial charge in [0.05, 0.1) is 6.10 Å². The Morgan fingerprint density at radius 3 is 2.83 bits per heavy atom. The summed E-state index contributed by atoms with van der Waals surface area (Å²) in [6.07, 6.45) is 2.09. The first-order valence-corrected chi connectivity index (χ1v) is 6.83. The molecule has 1 rings (SSSR count). The van der Waals surface area contributed by atoms with Gasteiger partial charge in [0.25, 0.3) is 0 Å². The van der Waals surface area contributed by atoms with Crippen molar-refractivity contribution in [3.05, 3.63) is 0 Å². The number of nitrogens with one attached hydrogen (secondary N) is 1. The predicted molar refractivity (Wildman–Crippen MR) is 70.8 cm³/mol. The molecule has 3 unspecified atom stereocenters. The van der Waals surface area contributed by atoms with E-state index in [1.165, 1.54) is 0 Å². The molecule has 0 bridgehead atoms. The number of hydrogen-bond acceptors (Lipinski definition) is 4. The van der Waals surface area contributed by atoms with Gasteiger partial charge in [-0.2, -0.15) is 0 Å². The standard InChI is InChI=1S/C13H26N2O3/c1-4-10(2)15(3)8-7-14-9-11-5-6-12(18-11)13(16)17/h10-12,14H,4-9H2,1-3H3,(H,16,17). The van der Waals surface area contributed by atoms with Gasteiger partial charge < -0.3 is 20.1 Å². The van der Waals surface area contributed by atoms with E-state index >= 15 is 0 Å². The van der Waals surface area contributed by atoms with E-state index in [1.54, 1.807) is 0 Å². The van der Waals surface area contributed by atoms with E-state index in [-0.39, 0.29) is 6.10 Å². The highest BCUT2D eigenvalue weighted by molar-refractivity contribution is 5.72. The van der Waals surface area contributed by atoms with Crippen LogP contribution in [0.25, 0.3) is 0 Å². The third kappa shape index (κ3) is 4.92. The van der Waals surface area contributed by atoms with Gasteiger partial charge >= 0.3 is 5.97 Å². The highest BCUT2D eigenvalue weighted by Gasteiger charge is 2.29. The first-order chi connectivity index (χ1) is 8.54. The van der Waals surface area contributed by atoms with Gasteiger partial charge in [-0.05, 0) is 33.2 Å². The number of aliphatic carboxylic acids is 1. The van der Waals surface area contributed by atoms with Crippen molar-refractivity contribution >= 4 is 5.97 Å². The summed E-state index contributed by atoms with van der Waals surface area (Å²) in [5.41, 5.74) is 0. The van der Waals surface area contributed by atoms with Gasteiger partial charge in [0.1, 0.15) is 0 Å². The Morgan fingerprint density at radius 1 is 1.56 bits per heavy atom. The minimum Gasteiger partial charge on any atom is -0.479 e. The zero-order chi connectivity index (χ0) is 13.5. The van der Waals surface area contributed by atoms with Gasteiger partial charge in [0.15, 0.2) is 6.10 Å². The van der Waals surface area contributed by atoms with Crippen LogP contribution in [0.2, 0.25) is 0 Å². The summed E-state index contributed by atoms with van der Waals surface area (Å²) in [5, 5.41) is 12.1. The maximum Gasteiger partial charge on any atom is 0.332 e. The lowest BCUT2D eigenvalue weighted by Crippen LogP contribution is -2.37. The number of carboxylic acid groups (broad SMARTS) is 1. The van der Waals surface area contributed by atoms with Gasteiger partial charge in [0.2, 0.25) is 0 Å². The lowest BCUT2D eigenvalue weighted by molar-refractivity contribution is -0.149. The van der Waals surface area contributed by atoms with Crippen LogP contribution in [0.3, 0.4) is 0 Å². The molecule has 0 aromatic heterocycles. The fourth-order valence-corrected chi connectivity index (χ4v) is 2.09. The predicted octanol–water partition coefficient (Wildman–Crippen LogP) is 0.939. The van der Waals surface area contributed by atoms with E-state index < -0.39 is 12.1 Å². The molecular formula is C13H26N2O3. The van der Waals surface area contributed by atoms with Crippen LogP contribution in [0.15, 0.2) is 0 Å². The largest absolute Gasteiger partial charge is 0.479 e. The highest BCUT2D eigenvalue weighted by atomic mass is 16.5. The SMILES string of the molecule is CCC(C)N(C)CCNCC1CCC(C(=O)O)O1. The number of likely N-dealkylation sites (N-methyl/N-ethyl adjacent to an activating group) is 1. The zero-order valence-electron chi connectivity index (χ0n) is 11.7. The second-order valence-electron chi connectivity index (χ2n) is 5.10. The molecule has 0 aromatic carbocycles. The first kappa shape index (κ1) is 15.4. The Balaban J connectivity index is 2.07. The Morgan fingerprint density at radius 2 is 2.28 bits per heavy atom. The number of ether oxygens (including phenoxy) is 1. The van der Waals surface area contributed by atoms with Crippen LogP contribution in [-0.2, 0) is 9.53 Å². The quantitative estimate of drug-likeness (QED) is 0.634. The van der Waals surface area contributed by atoms with E-state index in [2.05, 4.69) is 31.1 Å². The fraction of sp³-hybridized carbons (Fsp3) is 0.923. The maximum atomic E-state index is 10.7. The molecule has 1 heterocycles. The van der Waals surface area contributed by atoms with Crippen molar-refractivity contribution in [3.63, 3.8) is 0 Å². The summed E-state index contributed by atoms with van der Waals surface area (Å²) in [5.74, 6) is -0.839. The second kappa shape index (κ2) is 7.71. The molecule has 5 nitrogen and oxygen atoms in total. The summed E-state index contributed by atoms with van der Waals surface area (Å²) in [6, 6.07) is 0.603. The zero-order valence-corrected chi connectivity index (χ0v) is 11.7. The molecule has 5 heteroatoms. The summed E-state index contributed by atoms with van der Waals surface area (Å²) in [4.78, 5) is 13.0. The fourth-order valence-electron chi connectivity index (χ4n) is 2.09. The lowest BCUT2D eigenvalue weighted by atomic mass is 10.2. The van der Waals surface area contributed by atoms with E-state index in [0.29, 0.717) is 12.5 Å². The van der Waals surface area contributed by atoms with Gasteiger partial charge in [-0.15, -0.1) is 0 Å². The Bertz CT molecular complexity index is 261. The van der Waals surface area contributed by atoms with Crippen molar-refractivity contribution in [1.29, 1.82) is 0 Å². The van der Waals surface area contributed by atoms with E-state index in [0.717, 1.165) is 32.5 Å². The van der Waals surface area contributed by atoms with Gasteiger partial charge in [-0.1, -0.05) is 6.92 Å². The van der Waals surface area contributed by atoms with Crippen LogP contribution >= 0.6 is 0 Å². The highest BCUT2D eigenvalue weighted by Crippen LogP contribution is 2.19. The topological polar surface area (TPSA) is 61.8 Å². The van der Waals surface area contributed by atoms with Crippen molar-refractivity contribution in [2.75, 3.05) is 26.7 Å². The van der Waals surface area contributed by atoms with Crippen molar-refractivity contribution in [2.45, 2.75) is 51.4 Å². The molecule has 3 atom stereocenters. The third-order valence-electron chi connectivity index (χ3n) is 3.74.